The van der Waals surface area contributed by atoms with Crippen LogP contribution in [-0.2, 0) is 14.4 Å². The van der Waals surface area contributed by atoms with Crippen molar-refractivity contribution in [3.63, 3.8) is 0 Å². The maximum absolute atomic E-state index is 12.6. The highest BCUT2D eigenvalue weighted by atomic mass is 16.2. The smallest absolute Gasteiger partial charge is 0.243 e. The molecular formula is C18H28N2O3. The minimum absolute atomic E-state index is 0.125. The van der Waals surface area contributed by atoms with Gasteiger partial charge in [-0.05, 0) is 51.4 Å². The van der Waals surface area contributed by atoms with Crippen molar-refractivity contribution in [2.45, 2.75) is 77.3 Å². The molecule has 0 aromatic heterocycles. The number of hydrogen-bond acceptors (Lipinski definition) is 3. The zero-order valence-electron chi connectivity index (χ0n) is 14.2. The molecule has 128 valence electrons. The summed E-state index contributed by atoms with van der Waals surface area (Å²) in [6.07, 6.45) is 7.85. The largest absolute Gasteiger partial charge is 0.352 e. The third kappa shape index (κ3) is 3.15. The molecule has 1 aliphatic heterocycles. The Balaban J connectivity index is 1.62. The van der Waals surface area contributed by atoms with Gasteiger partial charge in [0.05, 0.1) is 11.8 Å². The highest BCUT2D eigenvalue weighted by molar-refractivity contribution is 6.08. The molecule has 3 atom stereocenters. The van der Waals surface area contributed by atoms with Gasteiger partial charge in [-0.3, -0.25) is 19.3 Å². The third-order valence-electron chi connectivity index (χ3n) is 6.00. The fourth-order valence-corrected chi connectivity index (χ4v) is 4.41. The van der Waals surface area contributed by atoms with Crippen LogP contribution in [-0.4, -0.2) is 34.7 Å². The summed E-state index contributed by atoms with van der Waals surface area (Å²) in [6, 6.07) is -0.490. The quantitative estimate of drug-likeness (QED) is 0.811. The van der Waals surface area contributed by atoms with Crippen molar-refractivity contribution in [2.24, 2.45) is 17.8 Å². The van der Waals surface area contributed by atoms with Crippen LogP contribution in [0.3, 0.4) is 0 Å². The molecule has 0 bridgehead atoms. The van der Waals surface area contributed by atoms with Gasteiger partial charge >= 0.3 is 0 Å². The minimum Gasteiger partial charge on any atom is -0.352 e. The van der Waals surface area contributed by atoms with Gasteiger partial charge in [-0.1, -0.05) is 19.8 Å². The second-order valence-corrected chi connectivity index (χ2v) is 7.69. The Bertz CT molecular complexity index is 472. The zero-order valence-corrected chi connectivity index (χ0v) is 14.2. The monoisotopic (exact) mass is 320 g/mol. The molecule has 2 saturated carbocycles. The van der Waals surface area contributed by atoms with E-state index in [0.29, 0.717) is 0 Å². The first kappa shape index (κ1) is 16.5. The van der Waals surface area contributed by atoms with Gasteiger partial charge in [-0.25, -0.2) is 0 Å². The van der Waals surface area contributed by atoms with E-state index in [1.54, 1.807) is 6.92 Å². The first-order valence-corrected chi connectivity index (χ1v) is 9.16. The number of amides is 3. The number of carbonyl (C=O) groups is 3. The first-order chi connectivity index (χ1) is 11.0. The van der Waals surface area contributed by atoms with E-state index in [0.717, 1.165) is 57.3 Å². The number of rotatable bonds is 3. The predicted molar refractivity (Wildman–Crippen MR) is 86.3 cm³/mol. The van der Waals surface area contributed by atoms with E-state index in [1.807, 2.05) is 0 Å². The predicted octanol–water partition coefficient (Wildman–Crippen LogP) is 2.24. The second kappa shape index (κ2) is 6.62. The van der Waals surface area contributed by atoms with Gasteiger partial charge in [0.2, 0.25) is 17.7 Å². The second-order valence-electron chi connectivity index (χ2n) is 7.69. The lowest BCUT2D eigenvalue weighted by Gasteiger charge is -2.29. The number of fused-ring (bicyclic) bond motifs is 1. The van der Waals surface area contributed by atoms with Crippen molar-refractivity contribution in [2.75, 3.05) is 0 Å². The van der Waals surface area contributed by atoms with Gasteiger partial charge < -0.3 is 5.32 Å². The number of likely N-dealkylation sites (tertiary alicyclic amines) is 1. The number of hydrogen-bond donors (Lipinski definition) is 1. The van der Waals surface area contributed by atoms with Crippen LogP contribution in [0.4, 0.5) is 0 Å². The lowest BCUT2D eigenvalue weighted by atomic mass is 9.81. The molecule has 1 saturated heterocycles. The molecule has 2 unspecified atom stereocenters. The van der Waals surface area contributed by atoms with Crippen LogP contribution in [0.5, 0.6) is 0 Å². The maximum atomic E-state index is 12.6. The molecule has 1 N–H and O–H groups in total. The molecular weight excluding hydrogens is 292 g/mol. The maximum Gasteiger partial charge on any atom is 0.243 e. The lowest BCUT2D eigenvalue weighted by molar-refractivity contribution is -0.147. The molecule has 0 aromatic rings. The highest BCUT2D eigenvalue weighted by Crippen LogP contribution is 2.38. The topological polar surface area (TPSA) is 66.5 Å². The van der Waals surface area contributed by atoms with E-state index >= 15 is 0 Å². The Labute approximate surface area is 138 Å². The third-order valence-corrected chi connectivity index (χ3v) is 6.00. The van der Waals surface area contributed by atoms with Gasteiger partial charge in [0.25, 0.3) is 0 Å². The summed E-state index contributed by atoms with van der Waals surface area (Å²) in [5.74, 6) is -0.0568. The molecule has 3 rings (SSSR count). The van der Waals surface area contributed by atoms with Gasteiger partial charge in [0.15, 0.2) is 0 Å². The molecule has 5 nitrogen and oxygen atoms in total. The van der Waals surface area contributed by atoms with Crippen molar-refractivity contribution >= 4 is 17.7 Å². The number of carbonyl (C=O) groups excluding carboxylic acids is 3. The van der Waals surface area contributed by atoms with Crippen LogP contribution in [0.1, 0.15) is 65.2 Å². The SMILES string of the molecule is CC1CCC(NC(=O)[C@H](C)N2C(=O)C3CCCCC3C2=O)CC1. The number of nitrogens with zero attached hydrogens (tertiary/aromatic N) is 1. The minimum atomic E-state index is -0.681. The molecule has 23 heavy (non-hydrogen) atoms. The van der Waals surface area contributed by atoms with Crippen LogP contribution < -0.4 is 5.32 Å². The van der Waals surface area contributed by atoms with Crippen LogP contribution in [0.15, 0.2) is 0 Å². The summed E-state index contributed by atoms with van der Waals surface area (Å²) in [6.45, 7) is 3.93. The molecule has 5 heteroatoms. The summed E-state index contributed by atoms with van der Waals surface area (Å²) in [4.78, 5) is 38.9. The highest BCUT2D eigenvalue weighted by Gasteiger charge is 2.50. The Morgan fingerprint density at radius 1 is 1.00 bits per heavy atom. The number of imide groups is 1. The summed E-state index contributed by atoms with van der Waals surface area (Å²) in [7, 11) is 0. The van der Waals surface area contributed by atoms with E-state index < -0.39 is 6.04 Å². The van der Waals surface area contributed by atoms with Gasteiger partial charge in [0.1, 0.15) is 6.04 Å². The molecule has 0 radical (unpaired) electrons. The molecule has 2 aliphatic carbocycles. The molecule has 1 heterocycles. The van der Waals surface area contributed by atoms with E-state index in [4.69, 9.17) is 0 Å². The van der Waals surface area contributed by atoms with E-state index in [9.17, 15) is 14.4 Å². The van der Waals surface area contributed by atoms with Gasteiger partial charge in [-0.15, -0.1) is 0 Å². The average Bonchev–Trinajstić information content (AvgIpc) is 2.81. The molecule has 0 spiro atoms. The Kier molecular flexibility index (Phi) is 4.74. The van der Waals surface area contributed by atoms with Crippen LogP contribution in [0.2, 0.25) is 0 Å². The van der Waals surface area contributed by atoms with Crippen LogP contribution >= 0.6 is 0 Å². The van der Waals surface area contributed by atoms with Crippen molar-refractivity contribution in [3.05, 3.63) is 0 Å². The number of nitrogens with one attached hydrogen (secondary N) is 1. The molecule has 3 fully saturated rings. The normalized spacial score (nSPS) is 35.8. The van der Waals surface area contributed by atoms with E-state index in [1.165, 1.54) is 4.90 Å². The summed E-state index contributed by atoms with van der Waals surface area (Å²) in [5, 5.41) is 3.05. The fraction of sp³-hybridized carbons (Fsp3) is 0.833. The molecule has 0 aromatic carbocycles. The van der Waals surface area contributed by atoms with Crippen LogP contribution in [0.25, 0.3) is 0 Å². The zero-order chi connectivity index (χ0) is 16.6. The lowest BCUT2D eigenvalue weighted by Crippen LogP contribution is -2.51. The molecule has 3 amide bonds. The van der Waals surface area contributed by atoms with Gasteiger partial charge in [0, 0.05) is 6.04 Å². The Morgan fingerprint density at radius 3 is 2.04 bits per heavy atom. The summed E-state index contributed by atoms with van der Waals surface area (Å²) in [5.41, 5.74) is 0. The Morgan fingerprint density at radius 2 is 1.52 bits per heavy atom. The summed E-state index contributed by atoms with van der Waals surface area (Å²) < 4.78 is 0. The van der Waals surface area contributed by atoms with Crippen molar-refractivity contribution in [1.82, 2.24) is 10.2 Å². The van der Waals surface area contributed by atoms with E-state index in [2.05, 4.69) is 12.2 Å². The first-order valence-electron chi connectivity index (χ1n) is 9.16. The molecule has 3 aliphatic rings. The van der Waals surface area contributed by atoms with Crippen molar-refractivity contribution < 1.29 is 14.4 Å². The average molecular weight is 320 g/mol. The van der Waals surface area contributed by atoms with Crippen molar-refractivity contribution in [1.29, 1.82) is 0 Å². The van der Waals surface area contributed by atoms with E-state index in [-0.39, 0.29) is 35.6 Å². The fourth-order valence-electron chi connectivity index (χ4n) is 4.41. The standard InChI is InChI=1S/C18H28N2O3/c1-11-7-9-13(10-8-11)19-16(21)12(2)20-17(22)14-5-3-4-6-15(14)18(20)23/h11-15H,3-10H2,1-2H3,(H,19,21)/t11?,12-,13?,14?,15?/m0/s1. The summed E-state index contributed by atoms with van der Waals surface area (Å²) >= 11 is 0. The van der Waals surface area contributed by atoms with Gasteiger partial charge in [-0.2, -0.15) is 0 Å². The Hall–Kier alpha value is -1.39. The van der Waals surface area contributed by atoms with Crippen LogP contribution in [0, 0.1) is 17.8 Å². The van der Waals surface area contributed by atoms with Crippen molar-refractivity contribution in [3.8, 4) is 0 Å².